The van der Waals surface area contributed by atoms with Gasteiger partial charge >= 0.3 is 5.97 Å². The first-order chi connectivity index (χ1) is 19.8. The molecule has 0 saturated carbocycles. The molecule has 0 aromatic heterocycles. The molecule has 3 aromatic carbocycles. The summed E-state index contributed by atoms with van der Waals surface area (Å²) in [6.07, 6.45) is 9.45. The van der Waals surface area contributed by atoms with Gasteiger partial charge in [-0.2, -0.15) is 5.23 Å². The number of hydrogen-bond acceptors (Lipinski definition) is 8. The summed E-state index contributed by atoms with van der Waals surface area (Å²) in [5.74, 6) is 0.436. The van der Waals surface area contributed by atoms with E-state index in [9.17, 15) is 20.0 Å². The number of benzene rings is 3. The van der Waals surface area contributed by atoms with Crippen molar-refractivity contribution in [2.24, 2.45) is 0 Å². The average molecular weight is 560 g/mol. The van der Waals surface area contributed by atoms with Gasteiger partial charge in [0.1, 0.15) is 18.1 Å². The quantitative estimate of drug-likeness (QED) is 0.136. The van der Waals surface area contributed by atoms with Crippen molar-refractivity contribution >= 4 is 39.5 Å². The monoisotopic (exact) mass is 559 g/mol. The molecule has 0 bridgehead atoms. The van der Waals surface area contributed by atoms with Crippen molar-refractivity contribution in [1.82, 2.24) is 0 Å². The van der Waals surface area contributed by atoms with E-state index < -0.39 is 17.3 Å². The van der Waals surface area contributed by atoms with Crippen LogP contribution in [0.3, 0.4) is 0 Å². The molecule has 0 fully saturated rings. The van der Waals surface area contributed by atoms with E-state index in [1.165, 1.54) is 24.8 Å². The lowest BCUT2D eigenvalue weighted by Crippen LogP contribution is -2.99. The largest absolute Gasteiger partial charge is 0.595 e. The Morgan fingerprint density at radius 2 is 1.85 bits per heavy atom. The van der Waals surface area contributed by atoms with Crippen molar-refractivity contribution < 1.29 is 39.0 Å². The number of aldehydes is 1. The summed E-state index contributed by atoms with van der Waals surface area (Å²) in [5.41, 5.74) is 2.79. The summed E-state index contributed by atoms with van der Waals surface area (Å²) in [4.78, 5) is 25.8. The number of ether oxygens (including phenoxy) is 4. The molecule has 9 heteroatoms. The maximum absolute atomic E-state index is 13.9. The molecule has 2 aliphatic rings. The molecule has 1 unspecified atom stereocenters. The Bertz CT molecular complexity index is 1600. The third kappa shape index (κ3) is 5.83. The van der Waals surface area contributed by atoms with Crippen LogP contribution < -0.4 is 19.4 Å². The number of fused-ring (bicyclic) bond motifs is 5. The van der Waals surface area contributed by atoms with Crippen LogP contribution in [0.2, 0.25) is 0 Å². The van der Waals surface area contributed by atoms with E-state index in [0.717, 1.165) is 24.7 Å². The van der Waals surface area contributed by atoms with E-state index in [1.807, 2.05) is 13.0 Å². The second-order valence-corrected chi connectivity index (χ2v) is 10.4. The molecule has 5 rings (SSSR count). The number of carbonyl (C=O) groups is 2. The zero-order valence-corrected chi connectivity index (χ0v) is 23.3. The highest BCUT2D eigenvalue weighted by Gasteiger charge is 2.30. The van der Waals surface area contributed by atoms with Crippen LogP contribution in [-0.4, -0.2) is 37.5 Å². The van der Waals surface area contributed by atoms with Crippen molar-refractivity contribution in [3.05, 3.63) is 76.0 Å². The summed E-state index contributed by atoms with van der Waals surface area (Å²) in [5, 5.41) is 23.4. The molecule has 41 heavy (non-hydrogen) atoms. The highest BCUT2D eigenvalue weighted by Crippen LogP contribution is 2.48. The normalized spacial score (nSPS) is 22.3. The van der Waals surface area contributed by atoms with Gasteiger partial charge in [-0.15, -0.1) is 0 Å². The van der Waals surface area contributed by atoms with Crippen LogP contribution in [0.25, 0.3) is 21.5 Å². The molecule has 214 valence electrons. The van der Waals surface area contributed by atoms with Crippen LogP contribution >= 0.6 is 0 Å². The Labute approximate surface area is 237 Å². The van der Waals surface area contributed by atoms with Crippen molar-refractivity contribution in [3.63, 3.8) is 0 Å². The number of esters is 1. The predicted molar refractivity (Wildman–Crippen MR) is 154 cm³/mol. The number of methoxy groups -OCH3 is 1. The smallest absolute Gasteiger partial charge is 0.339 e. The fraction of sp³-hybridized carbons (Fsp3) is 0.312. The topological polar surface area (TPSA) is 119 Å². The second-order valence-electron chi connectivity index (χ2n) is 10.4. The van der Waals surface area contributed by atoms with Crippen molar-refractivity contribution in [2.45, 2.75) is 52.1 Å². The minimum atomic E-state index is -1.22. The zero-order chi connectivity index (χ0) is 29.1. The highest BCUT2D eigenvalue weighted by atomic mass is 16.8. The van der Waals surface area contributed by atoms with Crippen LogP contribution in [0.1, 0.15) is 56.3 Å². The summed E-state index contributed by atoms with van der Waals surface area (Å²) < 4.78 is 23.0. The molecule has 0 spiro atoms. The van der Waals surface area contributed by atoms with Crippen LogP contribution in [0.4, 0.5) is 5.69 Å². The molecule has 1 aliphatic carbocycles. The molecule has 1 heterocycles. The number of allylic oxidation sites excluding steroid dienone is 4. The summed E-state index contributed by atoms with van der Waals surface area (Å²) in [6.45, 7) is 3.99. The number of quaternary nitrogens is 1. The molecule has 2 atom stereocenters. The molecule has 1 aliphatic heterocycles. The van der Waals surface area contributed by atoms with Gasteiger partial charge in [0.15, 0.2) is 17.2 Å². The molecule has 0 saturated heterocycles. The van der Waals surface area contributed by atoms with Gasteiger partial charge in [0.25, 0.3) is 0 Å². The molecule has 3 aromatic rings. The van der Waals surface area contributed by atoms with Crippen LogP contribution in [0.15, 0.2) is 65.3 Å². The van der Waals surface area contributed by atoms with E-state index in [-0.39, 0.29) is 23.4 Å². The molecule has 0 radical (unpaired) electrons. The minimum absolute atomic E-state index is 0.0405. The molecular formula is C32H33NO8. The molecule has 2 N–H and O–H groups in total. The van der Waals surface area contributed by atoms with Gasteiger partial charge in [-0.3, -0.25) is 4.79 Å². The minimum Gasteiger partial charge on any atom is -0.595 e. The summed E-state index contributed by atoms with van der Waals surface area (Å²) in [6, 6.07) is 8.32. The Hall–Kier alpha value is -4.18. The lowest BCUT2D eigenvalue weighted by molar-refractivity contribution is -0.990. The predicted octanol–water partition coefficient (Wildman–Crippen LogP) is 5.64. The number of carbonyl (C=O) groups excluding carboxylic acids is 2. The van der Waals surface area contributed by atoms with Crippen molar-refractivity contribution in [1.29, 1.82) is 0 Å². The third-order valence-corrected chi connectivity index (χ3v) is 7.52. The van der Waals surface area contributed by atoms with E-state index in [4.69, 9.17) is 18.9 Å². The van der Waals surface area contributed by atoms with Gasteiger partial charge in [-0.05, 0) is 68.7 Å². The number of rotatable bonds is 5. The van der Waals surface area contributed by atoms with Crippen molar-refractivity contribution in [3.8, 4) is 17.2 Å². The van der Waals surface area contributed by atoms with Gasteiger partial charge in [0.05, 0.1) is 18.1 Å². The highest BCUT2D eigenvalue weighted by molar-refractivity contribution is 6.22. The summed E-state index contributed by atoms with van der Waals surface area (Å²) in [7, 11) is 1.51. The first-order valence-electron chi connectivity index (χ1n) is 13.6. The van der Waals surface area contributed by atoms with Crippen LogP contribution in [0.5, 0.6) is 17.2 Å². The summed E-state index contributed by atoms with van der Waals surface area (Å²) >= 11 is 0. The first kappa shape index (κ1) is 28.4. The van der Waals surface area contributed by atoms with E-state index >= 15 is 0 Å². The van der Waals surface area contributed by atoms with Gasteiger partial charge < -0.3 is 24.2 Å². The molecule has 0 amide bonds. The van der Waals surface area contributed by atoms with Crippen LogP contribution in [-0.2, 0) is 9.53 Å². The van der Waals surface area contributed by atoms with Crippen molar-refractivity contribution in [2.75, 3.05) is 13.9 Å². The van der Waals surface area contributed by atoms with E-state index in [1.54, 1.807) is 18.2 Å². The Balaban J connectivity index is 1.65. The van der Waals surface area contributed by atoms with Gasteiger partial charge in [-0.25, -0.2) is 10.0 Å². The molecule has 9 nitrogen and oxygen atoms in total. The standard InChI is InChI=1S/C32H33NO8/c1-19-7-4-9-20(2)13-22(14-21(17-34)10-5-8-19)41-32(35)25-16-28-31(40-18-39-28)30-23-11-6-12-27(38-3)24(23)15-26(29(25)30)33(36)37/h6,8-9,11-12,14-17,22,33,36H,4-5,7,10,13,18H2,1-3H3/b19-8-,20-9-,21-14+/t22-/m1/s1. The Kier molecular flexibility index (Phi) is 8.39. The maximum Gasteiger partial charge on any atom is 0.339 e. The third-order valence-electron chi connectivity index (χ3n) is 7.52. The zero-order valence-electron chi connectivity index (χ0n) is 23.3. The van der Waals surface area contributed by atoms with E-state index in [0.29, 0.717) is 58.2 Å². The fourth-order valence-corrected chi connectivity index (χ4v) is 5.50. The van der Waals surface area contributed by atoms with E-state index in [2.05, 4.69) is 19.1 Å². The maximum atomic E-state index is 13.9. The Morgan fingerprint density at radius 3 is 2.61 bits per heavy atom. The molecular weight excluding hydrogens is 526 g/mol. The number of nitrogens with one attached hydrogen (secondary N) is 1. The van der Waals surface area contributed by atoms with Gasteiger partial charge in [-0.1, -0.05) is 35.4 Å². The SMILES string of the molecule is COc1cccc2c1cc([NH+]([O-])O)c1c(C(=O)O[C@H]3/C=C(/C=O)CC/C=C(/C)CC/C=C(/C)C3)cc3c(c12)OCO3. The lowest BCUT2D eigenvalue weighted by atomic mass is 9.94. The van der Waals surface area contributed by atoms with Crippen LogP contribution in [0, 0.1) is 5.21 Å². The Morgan fingerprint density at radius 1 is 1.07 bits per heavy atom. The second kappa shape index (κ2) is 12.1. The average Bonchev–Trinajstić information content (AvgIpc) is 3.43. The van der Waals surface area contributed by atoms with Gasteiger partial charge in [0, 0.05) is 23.3 Å². The fourth-order valence-electron chi connectivity index (χ4n) is 5.50. The number of hydrogen-bond donors (Lipinski definition) is 2. The van der Waals surface area contributed by atoms with Gasteiger partial charge in [0.2, 0.25) is 6.79 Å². The first-order valence-corrected chi connectivity index (χ1v) is 13.6. The lowest BCUT2D eigenvalue weighted by Gasteiger charge is -2.21.